The highest BCUT2D eigenvalue weighted by atomic mass is 16.5. The second kappa shape index (κ2) is 5.69. The van der Waals surface area contributed by atoms with Gasteiger partial charge in [-0.1, -0.05) is 13.8 Å². The first-order valence-corrected chi connectivity index (χ1v) is 5.52. The highest BCUT2D eigenvalue weighted by molar-refractivity contribution is 4.89. The lowest BCUT2D eigenvalue weighted by atomic mass is 9.76. The van der Waals surface area contributed by atoms with Gasteiger partial charge in [0.05, 0.1) is 6.61 Å². The van der Waals surface area contributed by atoms with E-state index in [4.69, 9.17) is 9.47 Å². The van der Waals surface area contributed by atoms with Gasteiger partial charge < -0.3 is 14.8 Å². The highest BCUT2D eigenvalue weighted by Crippen LogP contribution is 2.36. The van der Waals surface area contributed by atoms with Crippen molar-refractivity contribution < 1.29 is 9.47 Å². The lowest BCUT2D eigenvalue weighted by Gasteiger charge is -2.33. The molecule has 0 aliphatic carbocycles. The molecule has 0 radical (unpaired) electrons. The van der Waals surface area contributed by atoms with Crippen LogP contribution in [0.25, 0.3) is 0 Å². The third-order valence-corrected chi connectivity index (χ3v) is 3.32. The van der Waals surface area contributed by atoms with Crippen LogP contribution in [0.15, 0.2) is 0 Å². The Morgan fingerprint density at radius 1 is 1.57 bits per heavy atom. The minimum absolute atomic E-state index is 0.298. The second-order valence-electron chi connectivity index (χ2n) is 4.30. The Morgan fingerprint density at radius 2 is 2.36 bits per heavy atom. The summed E-state index contributed by atoms with van der Waals surface area (Å²) in [4.78, 5) is 0. The molecular weight excluding hydrogens is 178 g/mol. The first-order chi connectivity index (χ1) is 6.75. The van der Waals surface area contributed by atoms with Gasteiger partial charge in [-0.25, -0.2) is 0 Å². The fourth-order valence-electron chi connectivity index (χ4n) is 2.13. The van der Waals surface area contributed by atoms with E-state index >= 15 is 0 Å². The van der Waals surface area contributed by atoms with E-state index in [0.717, 1.165) is 39.3 Å². The zero-order chi connectivity index (χ0) is 10.4. The maximum absolute atomic E-state index is 5.53. The van der Waals surface area contributed by atoms with Crippen molar-refractivity contribution in [2.45, 2.75) is 20.3 Å². The smallest absolute Gasteiger partial charge is 0.0538 e. The maximum atomic E-state index is 5.53. The average Bonchev–Trinajstić information content (AvgIpc) is 2.65. The number of methoxy groups -OCH3 is 1. The summed E-state index contributed by atoms with van der Waals surface area (Å²) in [6.45, 7) is 9.09. The summed E-state index contributed by atoms with van der Waals surface area (Å²) in [5.41, 5.74) is 0.298. The molecule has 0 aromatic rings. The van der Waals surface area contributed by atoms with Crippen molar-refractivity contribution in [2.24, 2.45) is 11.3 Å². The van der Waals surface area contributed by atoms with Crippen LogP contribution in [0.5, 0.6) is 0 Å². The molecule has 14 heavy (non-hydrogen) atoms. The Kier molecular flexibility index (Phi) is 4.85. The van der Waals surface area contributed by atoms with Crippen LogP contribution in [-0.4, -0.2) is 40.0 Å². The molecule has 0 saturated carbocycles. The number of rotatable bonds is 6. The molecule has 0 amide bonds. The lowest BCUT2D eigenvalue weighted by molar-refractivity contribution is 0.0549. The van der Waals surface area contributed by atoms with Gasteiger partial charge in [0.25, 0.3) is 0 Å². The predicted octanol–water partition coefficient (Wildman–Crippen LogP) is 1.29. The standard InChI is InChI=1S/C11H23NO2/c1-4-12-8-11(5-6-14-9-11)10(2)7-13-3/h10,12H,4-9H2,1-3H3. The van der Waals surface area contributed by atoms with Crippen molar-refractivity contribution in [1.82, 2.24) is 5.32 Å². The summed E-state index contributed by atoms with van der Waals surface area (Å²) in [6, 6.07) is 0. The van der Waals surface area contributed by atoms with Gasteiger partial charge in [-0.05, 0) is 18.9 Å². The van der Waals surface area contributed by atoms with Crippen LogP contribution in [0.1, 0.15) is 20.3 Å². The molecule has 2 atom stereocenters. The topological polar surface area (TPSA) is 30.5 Å². The van der Waals surface area contributed by atoms with Crippen LogP contribution < -0.4 is 5.32 Å². The van der Waals surface area contributed by atoms with Gasteiger partial charge in [0.15, 0.2) is 0 Å². The molecule has 1 saturated heterocycles. The van der Waals surface area contributed by atoms with Crippen molar-refractivity contribution in [3.63, 3.8) is 0 Å². The Labute approximate surface area is 87.2 Å². The van der Waals surface area contributed by atoms with E-state index in [1.807, 2.05) is 0 Å². The minimum Gasteiger partial charge on any atom is -0.384 e. The third-order valence-electron chi connectivity index (χ3n) is 3.32. The van der Waals surface area contributed by atoms with Gasteiger partial charge in [-0.3, -0.25) is 0 Å². The minimum atomic E-state index is 0.298. The van der Waals surface area contributed by atoms with E-state index in [9.17, 15) is 0 Å². The molecule has 0 aromatic heterocycles. The van der Waals surface area contributed by atoms with Gasteiger partial charge in [0.1, 0.15) is 0 Å². The van der Waals surface area contributed by atoms with Gasteiger partial charge in [0.2, 0.25) is 0 Å². The van der Waals surface area contributed by atoms with Crippen molar-refractivity contribution in [3.05, 3.63) is 0 Å². The molecule has 1 heterocycles. The first-order valence-electron chi connectivity index (χ1n) is 5.52. The van der Waals surface area contributed by atoms with Crippen LogP contribution in [0, 0.1) is 11.3 Å². The summed E-state index contributed by atoms with van der Waals surface area (Å²) >= 11 is 0. The molecule has 2 unspecified atom stereocenters. The third kappa shape index (κ3) is 2.69. The Balaban J connectivity index is 2.51. The first kappa shape index (κ1) is 12.0. The van der Waals surface area contributed by atoms with Crippen LogP contribution in [0.4, 0.5) is 0 Å². The molecule has 0 spiro atoms. The van der Waals surface area contributed by atoms with Gasteiger partial charge in [-0.2, -0.15) is 0 Å². The summed E-state index contributed by atoms with van der Waals surface area (Å²) in [5.74, 6) is 0.564. The van der Waals surface area contributed by atoms with Crippen molar-refractivity contribution in [2.75, 3.05) is 40.0 Å². The molecule has 1 rings (SSSR count). The monoisotopic (exact) mass is 201 g/mol. The fourth-order valence-corrected chi connectivity index (χ4v) is 2.13. The van der Waals surface area contributed by atoms with E-state index in [1.165, 1.54) is 0 Å². The molecule has 84 valence electrons. The van der Waals surface area contributed by atoms with Crippen LogP contribution in [0.2, 0.25) is 0 Å². The molecular formula is C11H23NO2. The molecule has 0 bridgehead atoms. The number of nitrogens with one attached hydrogen (secondary N) is 1. The van der Waals surface area contributed by atoms with Crippen LogP contribution >= 0.6 is 0 Å². The average molecular weight is 201 g/mol. The molecule has 1 N–H and O–H groups in total. The fraction of sp³-hybridized carbons (Fsp3) is 1.00. The van der Waals surface area contributed by atoms with E-state index in [0.29, 0.717) is 11.3 Å². The van der Waals surface area contributed by atoms with Gasteiger partial charge >= 0.3 is 0 Å². The molecule has 1 aliphatic heterocycles. The summed E-state index contributed by atoms with van der Waals surface area (Å²) in [6.07, 6.45) is 1.16. The number of ether oxygens (including phenoxy) is 2. The molecule has 0 aromatic carbocycles. The van der Waals surface area contributed by atoms with Crippen LogP contribution in [0.3, 0.4) is 0 Å². The normalized spacial score (nSPS) is 29.4. The van der Waals surface area contributed by atoms with Crippen LogP contribution in [-0.2, 0) is 9.47 Å². The predicted molar refractivity (Wildman–Crippen MR) is 57.5 cm³/mol. The lowest BCUT2D eigenvalue weighted by Crippen LogP contribution is -2.41. The Bertz CT molecular complexity index is 155. The molecule has 3 heteroatoms. The van der Waals surface area contributed by atoms with Crippen molar-refractivity contribution >= 4 is 0 Å². The Morgan fingerprint density at radius 3 is 2.86 bits per heavy atom. The van der Waals surface area contributed by atoms with E-state index in [2.05, 4.69) is 19.2 Å². The van der Waals surface area contributed by atoms with Gasteiger partial charge in [-0.15, -0.1) is 0 Å². The van der Waals surface area contributed by atoms with Crippen molar-refractivity contribution in [3.8, 4) is 0 Å². The Hall–Kier alpha value is -0.120. The largest absolute Gasteiger partial charge is 0.384 e. The highest BCUT2D eigenvalue weighted by Gasteiger charge is 2.39. The summed E-state index contributed by atoms with van der Waals surface area (Å²) in [5, 5.41) is 3.43. The summed E-state index contributed by atoms with van der Waals surface area (Å²) in [7, 11) is 1.77. The molecule has 1 fully saturated rings. The number of hydrogen-bond acceptors (Lipinski definition) is 3. The van der Waals surface area contributed by atoms with Crippen molar-refractivity contribution in [1.29, 1.82) is 0 Å². The SMILES string of the molecule is CCNCC1(C(C)COC)CCOC1. The van der Waals surface area contributed by atoms with E-state index in [-0.39, 0.29) is 0 Å². The molecule has 1 aliphatic rings. The quantitative estimate of drug-likeness (QED) is 0.702. The van der Waals surface area contributed by atoms with E-state index in [1.54, 1.807) is 7.11 Å². The summed E-state index contributed by atoms with van der Waals surface area (Å²) < 4.78 is 10.8. The second-order valence-corrected chi connectivity index (χ2v) is 4.30. The molecule has 3 nitrogen and oxygen atoms in total. The van der Waals surface area contributed by atoms with E-state index < -0.39 is 0 Å². The zero-order valence-corrected chi connectivity index (χ0v) is 9.64. The van der Waals surface area contributed by atoms with Gasteiger partial charge in [0, 0.05) is 32.3 Å². The number of hydrogen-bond donors (Lipinski definition) is 1. The maximum Gasteiger partial charge on any atom is 0.0538 e. The zero-order valence-electron chi connectivity index (χ0n) is 9.64.